The quantitative estimate of drug-likeness (QED) is 0.0262. The summed E-state index contributed by atoms with van der Waals surface area (Å²) in [6.07, 6.45) is 2.39. The summed E-state index contributed by atoms with van der Waals surface area (Å²) >= 11 is 0. The molecule has 616 valence electrons. The average Bonchev–Trinajstić information content (AvgIpc) is 1.62. The third-order valence-corrected chi connectivity index (χ3v) is 20.9. The molecule has 2 aromatic rings. The van der Waals surface area contributed by atoms with Crippen molar-refractivity contribution in [2.45, 2.75) is 207 Å². The molecule has 0 aromatic heterocycles. The van der Waals surface area contributed by atoms with Crippen molar-refractivity contribution in [2.75, 3.05) is 113 Å². The van der Waals surface area contributed by atoms with Crippen LogP contribution in [0.3, 0.4) is 0 Å². The van der Waals surface area contributed by atoms with Gasteiger partial charge in [-0.2, -0.15) is 0 Å². The van der Waals surface area contributed by atoms with E-state index in [4.69, 9.17) is 43.6 Å². The molecule has 5 rings (SSSR count). The van der Waals surface area contributed by atoms with Crippen LogP contribution in [0.15, 0.2) is 54.6 Å². The van der Waals surface area contributed by atoms with Crippen molar-refractivity contribution in [2.24, 2.45) is 53.1 Å². The van der Waals surface area contributed by atoms with Gasteiger partial charge in [-0.3, -0.25) is 38.5 Å². The number of amides is 11. The molecule has 0 bridgehead atoms. The molecule has 0 spiro atoms. The smallest absolute Gasteiger partial charge is 0.410 e. The Balaban J connectivity index is 1.05. The Hall–Kier alpha value is -8.18. The molecule has 2 aromatic carbocycles. The van der Waals surface area contributed by atoms with Gasteiger partial charge in [-0.05, 0) is 110 Å². The molecule has 30 nitrogen and oxygen atoms in total. The van der Waals surface area contributed by atoms with Gasteiger partial charge in [-0.25, -0.2) is 14.4 Å². The second-order valence-electron chi connectivity index (χ2n) is 29.9. The molecule has 11 amide bonds. The number of likely N-dealkylation sites (N-methyl/N-ethyl adjacent to an activating group) is 2. The summed E-state index contributed by atoms with van der Waals surface area (Å²) in [5, 5.41) is 30.4. The van der Waals surface area contributed by atoms with Gasteiger partial charge in [0.05, 0.1) is 108 Å². The second-order valence-corrected chi connectivity index (χ2v) is 29.9. The molecule has 2 aliphatic carbocycles. The van der Waals surface area contributed by atoms with E-state index < -0.39 is 126 Å². The molecule has 1 aliphatic heterocycles. The predicted octanol–water partition coefficient (Wildman–Crippen LogP) is 6.21. The van der Waals surface area contributed by atoms with Crippen molar-refractivity contribution in [3.05, 3.63) is 65.7 Å². The van der Waals surface area contributed by atoms with E-state index in [1.165, 1.54) is 26.2 Å². The minimum absolute atomic E-state index is 0.0529. The standard InChI is InChI=1S/C80H127N11O19/c1-15-53(8)70(64(103-13)47-66(93)91-38-24-30-63(91)72(104-14)54(9)73(95)84-55(10)71(94)57-25-19-18-20-26-57)89(11)77(99)68(51(4)5)88-76(98)69(52(6)7)90(12)80(102)110-48-56-31-33-58(34-32-56)85-74(96)62(29-23-36-82-78(81)100)86-75(97)67(50(2)3)87-65(92)35-39-105-41-43-107-45-46-108-44-42-106-40-37-83-79(101)109-49-61-59-27-21-16-17-22-28-60(59)61/h18-20,25-26,31-34,50-55,59-64,67-72,94H,15,21-24,27-30,35-49H2,1-14H3,(H,83,101)(H,84,95)(H,85,96)(H,86,97)(H,87,92)(H,88,98)(H3,81,82,100)/t53-,54+,55+,59-,60+,61?,62+,63-,64+,67+,68-,69-,70-,71+,72+/m1/s1. The van der Waals surface area contributed by atoms with Crippen LogP contribution in [0, 0.1) is 59.2 Å². The number of nitrogens with one attached hydrogen (secondary N) is 7. The first-order valence-corrected chi connectivity index (χ1v) is 39.1. The number of ether oxygens (including phenoxy) is 8. The van der Waals surface area contributed by atoms with Gasteiger partial charge in [0.15, 0.2) is 0 Å². The van der Waals surface area contributed by atoms with Crippen LogP contribution in [0.4, 0.5) is 20.1 Å². The van der Waals surface area contributed by atoms with Gasteiger partial charge in [0.2, 0.25) is 41.4 Å². The number of benzene rings is 2. The first-order chi connectivity index (χ1) is 52.5. The highest BCUT2D eigenvalue weighted by Crippen LogP contribution is 2.52. The number of likely N-dealkylation sites (tertiary alicyclic amines) is 1. The van der Waals surface area contributed by atoms with Crippen LogP contribution in [-0.4, -0.2) is 241 Å². The molecular weight excluding hydrogens is 1420 g/mol. The number of nitrogens with two attached hydrogens (primary N) is 1. The Kier molecular flexibility index (Phi) is 40.8. The highest BCUT2D eigenvalue weighted by molar-refractivity contribution is 5.98. The first kappa shape index (κ1) is 92.4. The summed E-state index contributed by atoms with van der Waals surface area (Å²) in [7, 11) is 6.09. The lowest BCUT2D eigenvalue weighted by molar-refractivity contribution is -0.148. The Bertz CT molecular complexity index is 3250. The van der Waals surface area contributed by atoms with Crippen LogP contribution >= 0.6 is 0 Å². The Labute approximate surface area is 650 Å². The van der Waals surface area contributed by atoms with E-state index in [-0.39, 0.29) is 82.3 Å². The van der Waals surface area contributed by atoms with E-state index in [1.807, 2.05) is 32.0 Å². The lowest BCUT2D eigenvalue weighted by Crippen LogP contribution is -2.60. The summed E-state index contributed by atoms with van der Waals surface area (Å²) in [6, 6.07) is 8.72. The topological polar surface area (TPSA) is 385 Å². The Morgan fingerprint density at radius 2 is 1.25 bits per heavy atom. The number of primary amides is 1. The number of urea groups is 1. The third kappa shape index (κ3) is 30.1. The zero-order chi connectivity index (χ0) is 81.0. The van der Waals surface area contributed by atoms with E-state index >= 15 is 0 Å². The van der Waals surface area contributed by atoms with Crippen LogP contribution in [0.25, 0.3) is 0 Å². The highest BCUT2D eigenvalue weighted by Gasteiger charge is 2.50. The van der Waals surface area contributed by atoms with Crippen LogP contribution in [0.5, 0.6) is 0 Å². The number of methoxy groups -OCH3 is 2. The van der Waals surface area contributed by atoms with Crippen LogP contribution in [0.2, 0.25) is 0 Å². The maximum absolute atomic E-state index is 14.9. The normalized spacial score (nSPS) is 18.9. The number of aliphatic hydroxyl groups excluding tert-OH is 1. The van der Waals surface area contributed by atoms with Crippen molar-refractivity contribution in [1.29, 1.82) is 0 Å². The number of rotatable bonds is 49. The van der Waals surface area contributed by atoms with E-state index in [1.54, 1.807) is 109 Å². The predicted molar refractivity (Wildman–Crippen MR) is 413 cm³/mol. The fourth-order valence-electron chi connectivity index (χ4n) is 14.3. The average molecular weight is 1550 g/mol. The van der Waals surface area contributed by atoms with Crippen LogP contribution < -0.4 is 43.0 Å². The lowest BCUT2D eigenvalue weighted by Gasteiger charge is -2.41. The highest BCUT2D eigenvalue weighted by atomic mass is 16.6. The van der Waals surface area contributed by atoms with Crippen LogP contribution in [0.1, 0.15) is 157 Å². The maximum atomic E-state index is 14.9. The number of nitrogens with zero attached hydrogens (tertiary/aromatic N) is 3. The number of carbonyl (C=O) groups is 10. The van der Waals surface area contributed by atoms with Crippen molar-refractivity contribution in [1.82, 2.24) is 46.6 Å². The molecule has 3 aliphatic rings. The number of alkyl carbamates (subject to hydrolysis) is 1. The van der Waals surface area contributed by atoms with Crippen molar-refractivity contribution >= 4 is 65.3 Å². The second kappa shape index (κ2) is 48.6. The number of aliphatic hydroxyl groups is 1. The van der Waals surface area contributed by atoms with Crippen molar-refractivity contribution in [3.63, 3.8) is 0 Å². The largest absolute Gasteiger partial charge is 0.449 e. The fraction of sp³-hybridized carbons (Fsp3) is 0.700. The summed E-state index contributed by atoms with van der Waals surface area (Å²) < 4.78 is 45.5. The van der Waals surface area contributed by atoms with E-state index in [2.05, 4.69) is 49.1 Å². The zero-order valence-corrected chi connectivity index (χ0v) is 67.3. The number of fused-ring (bicyclic) bond motifs is 1. The summed E-state index contributed by atoms with van der Waals surface area (Å²) in [6.45, 7) is 21.3. The Morgan fingerprint density at radius 1 is 0.645 bits per heavy atom. The molecule has 30 heteroatoms. The maximum Gasteiger partial charge on any atom is 0.410 e. The third-order valence-electron chi connectivity index (χ3n) is 20.9. The summed E-state index contributed by atoms with van der Waals surface area (Å²) in [5.41, 5.74) is 6.81. The molecule has 10 N–H and O–H groups in total. The summed E-state index contributed by atoms with van der Waals surface area (Å²) in [4.78, 5) is 140. The number of hydrogen-bond donors (Lipinski definition) is 9. The molecule has 2 fully saturated rings. The molecule has 1 heterocycles. The minimum Gasteiger partial charge on any atom is -0.449 e. The van der Waals surface area contributed by atoms with E-state index in [9.17, 15) is 53.1 Å². The molecular formula is C80H127N11O19. The van der Waals surface area contributed by atoms with Gasteiger partial charge >= 0.3 is 18.2 Å². The van der Waals surface area contributed by atoms with Gasteiger partial charge in [0, 0.05) is 72.9 Å². The van der Waals surface area contributed by atoms with Gasteiger partial charge in [0.25, 0.3) is 0 Å². The monoisotopic (exact) mass is 1550 g/mol. The zero-order valence-electron chi connectivity index (χ0n) is 67.3. The van der Waals surface area contributed by atoms with E-state index in [0.29, 0.717) is 107 Å². The fourth-order valence-corrected chi connectivity index (χ4v) is 14.3. The molecule has 15 atom stereocenters. The first-order valence-electron chi connectivity index (χ1n) is 39.1. The number of anilines is 1. The summed E-state index contributed by atoms with van der Waals surface area (Å²) in [5.74, 6) is 2.67. The number of carbonyl (C=O) groups excluding carboxylic acids is 10. The van der Waals surface area contributed by atoms with Crippen LogP contribution in [-0.2, 0) is 78.1 Å². The molecule has 1 saturated carbocycles. The molecule has 0 radical (unpaired) electrons. The SMILES string of the molecule is CC[C@@H](C)[C@H]([C@H](CC(=O)N1CCC[C@@H]1[C@@H](OC)[C@H](C)C(=O)N[C@@H](C)[C@H](O)c1ccccc1)OC)N(C)C(=O)[C@H](NC(=O)[C@@H](C(C)C)N(C)C(=O)OCc1ccc(NC(=O)[C@H](CCCNC(N)=O)NC(=O)[C@@H](NC(=O)CCOCCOCCOCCOCCNC(=O)OCC2[C@H]3CCC#CCC[C@@H]23)C(C)C)cc1)C(C)C. The van der Waals surface area contributed by atoms with Gasteiger partial charge in [-0.1, -0.05) is 111 Å². The lowest BCUT2D eigenvalue weighted by atomic mass is 9.89. The van der Waals surface area contributed by atoms with E-state index in [0.717, 1.165) is 25.7 Å². The molecule has 1 unspecified atom stereocenters. The van der Waals surface area contributed by atoms with Gasteiger partial charge < -0.3 is 95.8 Å². The van der Waals surface area contributed by atoms with Crippen molar-refractivity contribution in [3.8, 4) is 11.8 Å². The minimum atomic E-state index is -1.12. The van der Waals surface area contributed by atoms with Gasteiger partial charge in [0.1, 0.15) is 30.8 Å². The van der Waals surface area contributed by atoms with Crippen molar-refractivity contribution < 1.29 is 90.9 Å². The number of hydrogen-bond acceptors (Lipinski definition) is 19. The molecule has 110 heavy (non-hydrogen) atoms. The van der Waals surface area contributed by atoms with Gasteiger partial charge in [-0.15, -0.1) is 11.8 Å². The molecule has 1 saturated heterocycles. The Morgan fingerprint density at radius 3 is 1.83 bits per heavy atom.